The minimum atomic E-state index is -4.05. The van der Waals surface area contributed by atoms with Crippen molar-refractivity contribution in [3.8, 4) is 5.75 Å². The Morgan fingerprint density at radius 1 is 1.03 bits per heavy atom. The fraction of sp³-hybridized carbons (Fsp3) is 0.240. The Balaban J connectivity index is 1.88. The summed E-state index contributed by atoms with van der Waals surface area (Å²) >= 11 is 5.96. The first kappa shape index (κ1) is 24.8. The van der Waals surface area contributed by atoms with Crippen LogP contribution in [-0.2, 0) is 21.2 Å². The third-order valence-corrected chi connectivity index (χ3v) is 6.98. The first-order valence-corrected chi connectivity index (χ1v) is 12.3. The molecule has 2 N–H and O–H groups in total. The summed E-state index contributed by atoms with van der Waals surface area (Å²) in [6.45, 7) is 3.62. The largest absolute Gasteiger partial charge is 0.495 e. The van der Waals surface area contributed by atoms with E-state index in [1.54, 1.807) is 31.2 Å². The number of sulfonamides is 1. The van der Waals surface area contributed by atoms with Crippen LogP contribution in [0.25, 0.3) is 0 Å². The van der Waals surface area contributed by atoms with Gasteiger partial charge < -0.3 is 10.1 Å². The molecule has 0 aliphatic rings. The topological polar surface area (TPSA) is 84.5 Å². The molecule has 3 aromatic carbocycles. The lowest BCUT2D eigenvalue weighted by Crippen LogP contribution is -2.48. The Kier molecular flexibility index (Phi) is 8.13. The molecular formula is C25H27ClN2O4S. The van der Waals surface area contributed by atoms with E-state index in [-0.39, 0.29) is 23.1 Å². The second-order valence-electron chi connectivity index (χ2n) is 7.80. The first-order chi connectivity index (χ1) is 15.7. The lowest BCUT2D eigenvalue weighted by molar-refractivity contribution is -0.123. The van der Waals surface area contributed by atoms with Gasteiger partial charge in [0.1, 0.15) is 16.7 Å². The number of hydrogen-bond donors (Lipinski definition) is 2. The molecule has 33 heavy (non-hydrogen) atoms. The lowest BCUT2D eigenvalue weighted by atomic mass is 10.0. The minimum Gasteiger partial charge on any atom is -0.495 e. The molecule has 3 rings (SSSR count). The highest BCUT2D eigenvalue weighted by Crippen LogP contribution is 2.25. The van der Waals surface area contributed by atoms with Gasteiger partial charge in [0.15, 0.2) is 0 Å². The molecule has 0 spiro atoms. The molecule has 6 nitrogen and oxygen atoms in total. The summed E-state index contributed by atoms with van der Waals surface area (Å²) in [6.07, 6.45) is 0.188. The van der Waals surface area contributed by atoms with Crippen LogP contribution in [-0.4, -0.2) is 27.5 Å². The van der Waals surface area contributed by atoms with Crippen LogP contribution >= 0.6 is 11.6 Å². The number of benzene rings is 3. The molecule has 0 bridgehead atoms. The van der Waals surface area contributed by atoms with Gasteiger partial charge in [-0.3, -0.25) is 4.79 Å². The van der Waals surface area contributed by atoms with Gasteiger partial charge in [-0.05, 0) is 61.2 Å². The van der Waals surface area contributed by atoms with Gasteiger partial charge in [0.25, 0.3) is 0 Å². The standard InChI is InChI=1S/C25H27ClN2O4S/c1-17-9-14-23(32-3)24(15-17)33(30,31)28-22(16-19-7-5-4-6-8-19)25(29)27-18(2)20-10-12-21(26)13-11-20/h4-15,18,22,28H,16H2,1-3H3,(H,27,29). The van der Waals surface area contributed by atoms with E-state index in [1.807, 2.05) is 49.4 Å². The normalized spacial score (nSPS) is 13.2. The smallest absolute Gasteiger partial charge is 0.244 e. The van der Waals surface area contributed by atoms with Gasteiger partial charge in [-0.1, -0.05) is 60.1 Å². The molecule has 0 aliphatic carbocycles. The van der Waals surface area contributed by atoms with Crippen molar-refractivity contribution < 1.29 is 17.9 Å². The highest BCUT2D eigenvalue weighted by atomic mass is 35.5. The Hall–Kier alpha value is -2.87. The van der Waals surface area contributed by atoms with Crippen molar-refractivity contribution >= 4 is 27.5 Å². The summed E-state index contributed by atoms with van der Waals surface area (Å²) in [5.74, 6) is -0.224. The van der Waals surface area contributed by atoms with Gasteiger partial charge in [-0.2, -0.15) is 4.72 Å². The highest BCUT2D eigenvalue weighted by Gasteiger charge is 2.29. The summed E-state index contributed by atoms with van der Waals surface area (Å²) in [5.41, 5.74) is 2.45. The van der Waals surface area contributed by atoms with Gasteiger partial charge in [0.05, 0.1) is 13.2 Å². The van der Waals surface area contributed by atoms with E-state index in [0.717, 1.165) is 16.7 Å². The second-order valence-corrected chi connectivity index (χ2v) is 9.92. The van der Waals surface area contributed by atoms with Gasteiger partial charge in [-0.25, -0.2) is 8.42 Å². The monoisotopic (exact) mass is 486 g/mol. The predicted octanol–water partition coefficient (Wildman–Crippen LogP) is 4.42. The number of rotatable bonds is 9. The van der Waals surface area contributed by atoms with Crippen molar-refractivity contribution in [2.24, 2.45) is 0 Å². The van der Waals surface area contributed by atoms with E-state index < -0.39 is 22.0 Å². The van der Waals surface area contributed by atoms with Crippen molar-refractivity contribution in [2.45, 2.75) is 37.2 Å². The quantitative estimate of drug-likeness (QED) is 0.468. The molecule has 0 radical (unpaired) electrons. The maximum Gasteiger partial charge on any atom is 0.244 e. The van der Waals surface area contributed by atoms with Crippen LogP contribution in [0, 0.1) is 6.92 Å². The number of methoxy groups -OCH3 is 1. The first-order valence-electron chi connectivity index (χ1n) is 10.5. The van der Waals surface area contributed by atoms with Crippen molar-refractivity contribution in [3.05, 3.63) is 94.5 Å². The molecular weight excluding hydrogens is 460 g/mol. The molecule has 2 atom stereocenters. The highest BCUT2D eigenvalue weighted by molar-refractivity contribution is 7.89. The van der Waals surface area contributed by atoms with Crippen LogP contribution in [0.15, 0.2) is 77.7 Å². The number of aryl methyl sites for hydroxylation is 1. The second kappa shape index (κ2) is 10.8. The Labute approximate surface area is 200 Å². The van der Waals surface area contributed by atoms with E-state index in [4.69, 9.17) is 16.3 Å². The van der Waals surface area contributed by atoms with Crippen molar-refractivity contribution in [2.75, 3.05) is 7.11 Å². The summed E-state index contributed by atoms with van der Waals surface area (Å²) in [6, 6.07) is 19.9. The molecule has 0 aliphatic heterocycles. The summed E-state index contributed by atoms with van der Waals surface area (Å²) in [5, 5.41) is 3.51. The predicted molar refractivity (Wildman–Crippen MR) is 130 cm³/mol. The third kappa shape index (κ3) is 6.57. The molecule has 2 unspecified atom stereocenters. The number of nitrogens with one attached hydrogen (secondary N) is 2. The van der Waals surface area contributed by atoms with Crippen LogP contribution in [0.5, 0.6) is 5.75 Å². The number of carbonyl (C=O) groups excluding carboxylic acids is 1. The van der Waals surface area contributed by atoms with Gasteiger partial charge >= 0.3 is 0 Å². The molecule has 174 valence electrons. The molecule has 0 saturated carbocycles. The lowest BCUT2D eigenvalue weighted by Gasteiger charge is -2.22. The van der Waals surface area contributed by atoms with Crippen molar-refractivity contribution in [1.29, 1.82) is 0 Å². The van der Waals surface area contributed by atoms with E-state index >= 15 is 0 Å². The molecule has 0 aromatic heterocycles. The minimum absolute atomic E-state index is 0.0124. The van der Waals surface area contributed by atoms with E-state index in [1.165, 1.54) is 13.2 Å². The molecule has 3 aromatic rings. The maximum absolute atomic E-state index is 13.3. The summed E-state index contributed by atoms with van der Waals surface area (Å²) in [7, 11) is -2.64. The zero-order valence-electron chi connectivity index (χ0n) is 18.7. The zero-order valence-corrected chi connectivity index (χ0v) is 20.3. The Morgan fingerprint density at radius 3 is 2.33 bits per heavy atom. The average Bonchev–Trinajstić information content (AvgIpc) is 2.79. The summed E-state index contributed by atoms with van der Waals surface area (Å²) < 4.78 is 34.4. The third-order valence-electron chi connectivity index (χ3n) is 5.23. The number of ether oxygens (including phenoxy) is 1. The van der Waals surface area contributed by atoms with E-state index in [9.17, 15) is 13.2 Å². The molecule has 0 fully saturated rings. The van der Waals surface area contributed by atoms with Crippen LogP contribution in [0.1, 0.15) is 29.7 Å². The van der Waals surface area contributed by atoms with Crippen LogP contribution in [0.2, 0.25) is 5.02 Å². The Bertz CT molecular complexity index is 1200. The van der Waals surface area contributed by atoms with Crippen LogP contribution in [0.4, 0.5) is 0 Å². The zero-order chi connectivity index (χ0) is 24.0. The Morgan fingerprint density at radius 2 is 1.70 bits per heavy atom. The average molecular weight is 487 g/mol. The van der Waals surface area contributed by atoms with Crippen LogP contribution in [0.3, 0.4) is 0 Å². The number of carbonyl (C=O) groups is 1. The van der Waals surface area contributed by atoms with Gasteiger partial charge in [-0.15, -0.1) is 0 Å². The SMILES string of the molecule is COc1ccc(C)cc1S(=O)(=O)NC(Cc1ccccc1)C(=O)NC(C)c1ccc(Cl)cc1. The number of amides is 1. The fourth-order valence-corrected chi connectivity index (χ4v) is 5.01. The number of hydrogen-bond acceptors (Lipinski definition) is 4. The summed E-state index contributed by atoms with van der Waals surface area (Å²) in [4.78, 5) is 13.2. The molecule has 0 heterocycles. The van der Waals surface area contributed by atoms with Crippen molar-refractivity contribution in [1.82, 2.24) is 10.0 Å². The fourth-order valence-electron chi connectivity index (χ4n) is 3.43. The van der Waals surface area contributed by atoms with Gasteiger partial charge in [0.2, 0.25) is 15.9 Å². The molecule has 8 heteroatoms. The van der Waals surface area contributed by atoms with E-state index in [0.29, 0.717) is 5.02 Å². The van der Waals surface area contributed by atoms with Crippen LogP contribution < -0.4 is 14.8 Å². The van der Waals surface area contributed by atoms with Gasteiger partial charge in [0, 0.05) is 5.02 Å². The molecule has 1 amide bonds. The van der Waals surface area contributed by atoms with Crippen molar-refractivity contribution in [3.63, 3.8) is 0 Å². The maximum atomic E-state index is 13.3. The molecule has 0 saturated heterocycles. The van der Waals surface area contributed by atoms with E-state index in [2.05, 4.69) is 10.0 Å². The number of halogens is 1.